The fourth-order valence-corrected chi connectivity index (χ4v) is 2.09. The van der Waals surface area contributed by atoms with Gasteiger partial charge in [0.05, 0.1) is 18.8 Å². The molecule has 1 heterocycles. The average molecular weight is 215 g/mol. The van der Waals surface area contributed by atoms with Gasteiger partial charge in [0.25, 0.3) is 0 Å². The molecule has 0 bridgehead atoms. The van der Waals surface area contributed by atoms with E-state index in [1.54, 1.807) is 6.92 Å². The SMILES string of the molecule is CC(=O)CC(C)N1CC(C)OC(CO)C1. The average Bonchev–Trinajstić information content (AvgIpc) is 2.15. The summed E-state index contributed by atoms with van der Waals surface area (Å²) in [4.78, 5) is 13.2. The molecule has 3 atom stereocenters. The first-order chi connectivity index (χ1) is 7.02. The monoisotopic (exact) mass is 215 g/mol. The van der Waals surface area contributed by atoms with E-state index in [2.05, 4.69) is 4.90 Å². The Kier molecular flexibility index (Phi) is 4.70. The van der Waals surface area contributed by atoms with Crippen LogP contribution in [0.3, 0.4) is 0 Å². The summed E-state index contributed by atoms with van der Waals surface area (Å²) in [7, 11) is 0. The summed E-state index contributed by atoms with van der Waals surface area (Å²) in [6, 6.07) is 0.239. The third-order valence-corrected chi connectivity index (χ3v) is 2.76. The van der Waals surface area contributed by atoms with E-state index < -0.39 is 0 Å². The molecule has 0 saturated carbocycles. The molecule has 0 aromatic carbocycles. The lowest BCUT2D eigenvalue weighted by atomic mass is 10.1. The van der Waals surface area contributed by atoms with Crippen LogP contribution in [0, 0.1) is 0 Å². The lowest BCUT2D eigenvalue weighted by Crippen LogP contribution is -2.51. The maximum Gasteiger partial charge on any atom is 0.131 e. The van der Waals surface area contributed by atoms with Gasteiger partial charge >= 0.3 is 0 Å². The Hall–Kier alpha value is -0.450. The van der Waals surface area contributed by atoms with Gasteiger partial charge in [0.15, 0.2) is 0 Å². The van der Waals surface area contributed by atoms with Crippen LogP contribution in [0.25, 0.3) is 0 Å². The Morgan fingerprint density at radius 3 is 2.80 bits per heavy atom. The molecule has 15 heavy (non-hydrogen) atoms. The number of carbonyl (C=O) groups is 1. The molecule has 4 heteroatoms. The lowest BCUT2D eigenvalue weighted by molar-refractivity contribution is -0.122. The fraction of sp³-hybridized carbons (Fsp3) is 0.909. The van der Waals surface area contributed by atoms with Crippen LogP contribution in [0.4, 0.5) is 0 Å². The predicted molar refractivity (Wildman–Crippen MR) is 57.8 cm³/mol. The van der Waals surface area contributed by atoms with Crippen molar-refractivity contribution in [3.8, 4) is 0 Å². The van der Waals surface area contributed by atoms with Gasteiger partial charge in [-0.1, -0.05) is 0 Å². The summed E-state index contributed by atoms with van der Waals surface area (Å²) < 4.78 is 5.54. The van der Waals surface area contributed by atoms with E-state index in [4.69, 9.17) is 9.84 Å². The molecule has 88 valence electrons. The molecule has 1 aliphatic rings. The minimum atomic E-state index is -0.108. The summed E-state index contributed by atoms with van der Waals surface area (Å²) >= 11 is 0. The Morgan fingerprint density at radius 1 is 1.60 bits per heavy atom. The maximum absolute atomic E-state index is 11.0. The molecule has 0 spiro atoms. The van der Waals surface area contributed by atoms with Crippen molar-refractivity contribution in [1.82, 2.24) is 4.90 Å². The van der Waals surface area contributed by atoms with Crippen molar-refractivity contribution in [2.24, 2.45) is 0 Å². The Labute approximate surface area is 91.2 Å². The molecular formula is C11H21NO3. The molecule has 0 radical (unpaired) electrons. The van der Waals surface area contributed by atoms with Crippen LogP contribution in [0.2, 0.25) is 0 Å². The molecule has 0 aliphatic carbocycles. The van der Waals surface area contributed by atoms with Crippen LogP contribution >= 0.6 is 0 Å². The van der Waals surface area contributed by atoms with E-state index in [1.807, 2.05) is 13.8 Å². The maximum atomic E-state index is 11.0. The van der Waals surface area contributed by atoms with Gasteiger partial charge in [-0.2, -0.15) is 0 Å². The molecule has 0 aromatic heterocycles. The van der Waals surface area contributed by atoms with Crippen molar-refractivity contribution in [2.45, 2.75) is 45.4 Å². The normalized spacial score (nSPS) is 30.1. The van der Waals surface area contributed by atoms with Crippen molar-refractivity contribution in [2.75, 3.05) is 19.7 Å². The second-order valence-electron chi connectivity index (χ2n) is 4.46. The number of morpholine rings is 1. The standard InChI is InChI=1S/C11H21NO3/c1-8(4-9(2)14)12-5-10(3)15-11(6-12)7-13/h8,10-11,13H,4-7H2,1-3H3. The number of carbonyl (C=O) groups excluding carboxylic acids is 1. The van der Waals surface area contributed by atoms with Crippen LogP contribution in [-0.2, 0) is 9.53 Å². The number of aliphatic hydroxyl groups is 1. The molecule has 4 nitrogen and oxygen atoms in total. The van der Waals surface area contributed by atoms with E-state index >= 15 is 0 Å². The van der Waals surface area contributed by atoms with Crippen molar-refractivity contribution < 1.29 is 14.6 Å². The van der Waals surface area contributed by atoms with Crippen LogP contribution in [0.15, 0.2) is 0 Å². The zero-order chi connectivity index (χ0) is 11.4. The van der Waals surface area contributed by atoms with Gasteiger partial charge in [-0.15, -0.1) is 0 Å². The second kappa shape index (κ2) is 5.58. The van der Waals surface area contributed by atoms with E-state index in [1.165, 1.54) is 0 Å². The molecule has 1 aliphatic heterocycles. The minimum absolute atomic E-state index is 0.0492. The van der Waals surface area contributed by atoms with Gasteiger partial charge < -0.3 is 9.84 Å². The van der Waals surface area contributed by atoms with E-state index in [9.17, 15) is 4.79 Å². The molecule has 0 aromatic rings. The highest BCUT2D eigenvalue weighted by molar-refractivity contribution is 5.76. The summed E-state index contributed by atoms with van der Waals surface area (Å²) in [5.41, 5.74) is 0. The lowest BCUT2D eigenvalue weighted by Gasteiger charge is -2.39. The van der Waals surface area contributed by atoms with Crippen molar-refractivity contribution in [3.63, 3.8) is 0 Å². The number of ether oxygens (including phenoxy) is 1. The Balaban J connectivity index is 2.49. The number of hydrogen-bond acceptors (Lipinski definition) is 4. The van der Waals surface area contributed by atoms with Crippen molar-refractivity contribution in [1.29, 1.82) is 0 Å². The zero-order valence-corrected chi connectivity index (χ0v) is 9.77. The number of nitrogens with zero attached hydrogens (tertiary/aromatic N) is 1. The van der Waals surface area contributed by atoms with Gasteiger partial charge in [-0.3, -0.25) is 9.69 Å². The Bertz CT molecular complexity index is 220. The quantitative estimate of drug-likeness (QED) is 0.739. The van der Waals surface area contributed by atoms with Crippen molar-refractivity contribution in [3.05, 3.63) is 0 Å². The van der Waals surface area contributed by atoms with Gasteiger partial charge in [-0.25, -0.2) is 0 Å². The Morgan fingerprint density at radius 2 is 2.27 bits per heavy atom. The number of rotatable bonds is 4. The van der Waals surface area contributed by atoms with E-state index in [0.717, 1.165) is 13.1 Å². The molecule has 1 saturated heterocycles. The van der Waals surface area contributed by atoms with Gasteiger partial charge in [0.2, 0.25) is 0 Å². The first-order valence-corrected chi connectivity index (χ1v) is 5.52. The minimum Gasteiger partial charge on any atom is -0.394 e. The second-order valence-corrected chi connectivity index (χ2v) is 4.46. The summed E-state index contributed by atoms with van der Waals surface area (Å²) in [5.74, 6) is 0.210. The number of aliphatic hydroxyl groups excluding tert-OH is 1. The predicted octanol–water partition coefficient (Wildman–Crippen LogP) is 0.436. The third-order valence-electron chi connectivity index (χ3n) is 2.76. The van der Waals surface area contributed by atoms with Gasteiger partial charge in [0, 0.05) is 25.6 Å². The van der Waals surface area contributed by atoms with E-state index in [0.29, 0.717) is 6.42 Å². The fourth-order valence-electron chi connectivity index (χ4n) is 2.09. The van der Waals surface area contributed by atoms with E-state index in [-0.39, 0.29) is 30.6 Å². The summed E-state index contributed by atoms with van der Waals surface area (Å²) in [6.45, 7) is 7.26. The first kappa shape index (κ1) is 12.6. The highest BCUT2D eigenvalue weighted by atomic mass is 16.5. The number of Topliss-reactive ketones (excluding diaryl/α,β-unsaturated/α-hetero) is 1. The van der Waals surface area contributed by atoms with Crippen LogP contribution < -0.4 is 0 Å². The smallest absolute Gasteiger partial charge is 0.131 e. The molecule has 0 amide bonds. The zero-order valence-electron chi connectivity index (χ0n) is 9.77. The number of ketones is 1. The number of hydrogen-bond donors (Lipinski definition) is 1. The van der Waals surface area contributed by atoms with Gasteiger partial charge in [-0.05, 0) is 20.8 Å². The molecule has 1 fully saturated rings. The van der Waals surface area contributed by atoms with Crippen molar-refractivity contribution >= 4 is 5.78 Å². The van der Waals surface area contributed by atoms with Crippen LogP contribution in [0.5, 0.6) is 0 Å². The third kappa shape index (κ3) is 3.89. The highest BCUT2D eigenvalue weighted by Crippen LogP contribution is 2.15. The molecular weight excluding hydrogens is 194 g/mol. The highest BCUT2D eigenvalue weighted by Gasteiger charge is 2.27. The largest absolute Gasteiger partial charge is 0.394 e. The molecule has 1 rings (SSSR count). The summed E-state index contributed by atoms with van der Waals surface area (Å²) in [5, 5.41) is 9.07. The van der Waals surface area contributed by atoms with Gasteiger partial charge in [0.1, 0.15) is 5.78 Å². The molecule has 3 unspecified atom stereocenters. The topological polar surface area (TPSA) is 49.8 Å². The summed E-state index contributed by atoms with van der Waals surface area (Å²) in [6.07, 6.45) is 0.596. The first-order valence-electron chi connectivity index (χ1n) is 5.52. The van der Waals surface area contributed by atoms with Crippen LogP contribution in [0.1, 0.15) is 27.2 Å². The molecule has 1 N–H and O–H groups in total. The van der Waals surface area contributed by atoms with Crippen LogP contribution in [-0.4, -0.2) is 53.7 Å².